The summed E-state index contributed by atoms with van der Waals surface area (Å²) in [7, 11) is 1.82. The molecule has 1 aliphatic carbocycles. The molecule has 0 spiro atoms. The molecule has 19 heteroatoms. The van der Waals surface area contributed by atoms with Gasteiger partial charge in [0.05, 0.1) is 28.7 Å². The summed E-state index contributed by atoms with van der Waals surface area (Å²) in [5, 5.41) is 19.7. The summed E-state index contributed by atoms with van der Waals surface area (Å²) in [6.07, 6.45) is 7.74. The molecule has 64 heavy (non-hydrogen) atoms. The number of terminal acetylenes is 1. The van der Waals surface area contributed by atoms with Gasteiger partial charge in [0.25, 0.3) is 0 Å². The first-order valence-electron chi connectivity index (χ1n) is 22.1. The maximum absolute atomic E-state index is 14.3. The Morgan fingerprint density at radius 2 is 1.73 bits per heavy atom. The molecule has 5 amide bonds. The number of aromatic nitrogens is 4. The van der Waals surface area contributed by atoms with Crippen LogP contribution in [0.1, 0.15) is 70.6 Å². The van der Waals surface area contributed by atoms with Crippen LogP contribution in [0.5, 0.6) is 0 Å². The smallest absolute Gasteiger partial charge is 0.246 e. The fraction of sp³-hybridized carbons (Fsp3) is 0.578. The number of hydrogen-bond acceptors (Lipinski definition) is 14. The summed E-state index contributed by atoms with van der Waals surface area (Å²) >= 11 is 1.57. The monoisotopic (exact) mass is 896 g/mol. The Bertz CT molecular complexity index is 2240. The van der Waals surface area contributed by atoms with Gasteiger partial charge in [-0.3, -0.25) is 24.0 Å². The van der Waals surface area contributed by atoms with E-state index in [0.717, 1.165) is 34.5 Å². The van der Waals surface area contributed by atoms with Crippen LogP contribution < -0.4 is 30.7 Å². The molecule has 342 valence electrons. The van der Waals surface area contributed by atoms with Crippen molar-refractivity contribution >= 4 is 58.7 Å². The second kappa shape index (κ2) is 19.9. The summed E-state index contributed by atoms with van der Waals surface area (Å²) < 4.78 is 0. The Morgan fingerprint density at radius 1 is 1.00 bits per heavy atom. The highest BCUT2D eigenvalue weighted by Crippen LogP contribution is 2.30. The maximum atomic E-state index is 14.3. The molecule has 4 N–H and O–H groups in total. The summed E-state index contributed by atoms with van der Waals surface area (Å²) in [5.74, 6) is 2.29. The molecule has 1 saturated carbocycles. The maximum Gasteiger partial charge on any atom is 0.246 e. The molecule has 3 saturated heterocycles. The van der Waals surface area contributed by atoms with E-state index < -0.39 is 29.5 Å². The second-order valence-electron chi connectivity index (χ2n) is 18.4. The van der Waals surface area contributed by atoms with Gasteiger partial charge in [-0.25, -0.2) is 4.98 Å². The van der Waals surface area contributed by atoms with E-state index in [1.807, 2.05) is 69.4 Å². The standard InChI is InChI=1S/C45H60N12O6S/c1-7-16-54-19-20-56(26-37(54)61)44-51-42(53(6)17-15-35(59)48-32-12-13-32)50-43(52-44)55-18-14-30(24-55)21-36(60)49-39(45(3,4)5)41(63)57-25-33(58)22-34(57)40(62)46-23-29-8-10-31(11-9-29)38-28(2)47-27-64-38/h1,8-11,27,30,32-34,39,58H,12-26H2,2-6H3,(H,46,62)(H,48,59)(H,49,60)/t30-,33+,34-,39+/m0/s1. The van der Waals surface area contributed by atoms with E-state index >= 15 is 0 Å². The van der Waals surface area contributed by atoms with Crippen LogP contribution in [0.25, 0.3) is 10.4 Å². The van der Waals surface area contributed by atoms with E-state index in [1.54, 1.807) is 26.0 Å². The van der Waals surface area contributed by atoms with Gasteiger partial charge >= 0.3 is 0 Å². The molecule has 0 radical (unpaired) electrons. The Labute approximate surface area is 378 Å². The molecule has 1 aromatic carbocycles. The topological polar surface area (TPSA) is 209 Å². The number of thiazole rings is 1. The number of likely N-dealkylation sites (tertiary alicyclic amines) is 1. The predicted octanol–water partition coefficient (Wildman–Crippen LogP) is 1.72. The van der Waals surface area contributed by atoms with Crippen molar-refractivity contribution in [2.75, 3.05) is 74.1 Å². The summed E-state index contributed by atoms with van der Waals surface area (Å²) in [4.78, 5) is 95.5. The molecule has 7 rings (SSSR count). The molecule has 4 atom stereocenters. The Balaban J connectivity index is 0.978. The molecule has 0 unspecified atom stereocenters. The largest absolute Gasteiger partial charge is 0.391 e. The number of aryl methyl sites for hydroxylation is 1. The molecular formula is C45H60N12O6S. The molecule has 5 heterocycles. The first-order valence-corrected chi connectivity index (χ1v) is 23.0. The van der Waals surface area contributed by atoms with Crippen molar-refractivity contribution < 1.29 is 29.1 Å². The van der Waals surface area contributed by atoms with Crippen LogP contribution in [0.15, 0.2) is 29.8 Å². The number of nitrogens with zero attached hydrogens (tertiary/aromatic N) is 9. The second-order valence-corrected chi connectivity index (χ2v) is 19.3. The number of carbonyl (C=O) groups is 5. The molecule has 2 aromatic heterocycles. The molecular weight excluding hydrogens is 837 g/mol. The van der Waals surface area contributed by atoms with E-state index in [2.05, 4.69) is 26.9 Å². The number of aliphatic hydroxyl groups excluding tert-OH is 1. The van der Waals surface area contributed by atoms with E-state index in [-0.39, 0.29) is 81.0 Å². The van der Waals surface area contributed by atoms with Crippen LogP contribution in [-0.2, 0) is 30.5 Å². The van der Waals surface area contributed by atoms with Gasteiger partial charge < -0.3 is 45.6 Å². The third kappa shape index (κ3) is 11.4. The molecule has 4 aliphatic rings. The summed E-state index contributed by atoms with van der Waals surface area (Å²) in [5.41, 5.74) is 4.00. The van der Waals surface area contributed by atoms with Crippen LogP contribution in [-0.4, -0.2) is 148 Å². The zero-order valence-corrected chi connectivity index (χ0v) is 38.2. The van der Waals surface area contributed by atoms with Crippen LogP contribution in [0.4, 0.5) is 17.8 Å². The number of carbonyl (C=O) groups excluding carboxylic acids is 5. The Morgan fingerprint density at radius 3 is 2.39 bits per heavy atom. The Kier molecular flexibility index (Phi) is 14.3. The van der Waals surface area contributed by atoms with Gasteiger partial charge in [0.1, 0.15) is 18.6 Å². The summed E-state index contributed by atoms with van der Waals surface area (Å²) in [6.45, 7) is 10.4. The first kappa shape index (κ1) is 46.1. The highest BCUT2D eigenvalue weighted by molar-refractivity contribution is 7.13. The van der Waals surface area contributed by atoms with Gasteiger partial charge in [-0.1, -0.05) is 51.0 Å². The van der Waals surface area contributed by atoms with Gasteiger partial charge in [-0.15, -0.1) is 17.8 Å². The highest BCUT2D eigenvalue weighted by atomic mass is 32.1. The number of rotatable bonds is 16. The zero-order chi connectivity index (χ0) is 45.7. The molecule has 0 bridgehead atoms. The lowest BCUT2D eigenvalue weighted by molar-refractivity contribution is -0.144. The lowest BCUT2D eigenvalue weighted by Gasteiger charge is -2.35. The molecule has 3 aliphatic heterocycles. The number of nitrogens with one attached hydrogen (secondary N) is 3. The van der Waals surface area contributed by atoms with E-state index in [1.165, 1.54) is 4.90 Å². The van der Waals surface area contributed by atoms with E-state index in [4.69, 9.17) is 21.4 Å². The van der Waals surface area contributed by atoms with Crippen LogP contribution in [0, 0.1) is 30.6 Å². The molecule has 3 aromatic rings. The number of hydrogen-bond donors (Lipinski definition) is 4. The number of benzene rings is 1. The third-order valence-corrected chi connectivity index (χ3v) is 13.2. The van der Waals surface area contributed by atoms with Gasteiger partial charge in [-0.2, -0.15) is 15.0 Å². The lowest BCUT2D eigenvalue weighted by Crippen LogP contribution is -2.57. The minimum Gasteiger partial charge on any atom is -0.391 e. The van der Waals surface area contributed by atoms with Crippen molar-refractivity contribution in [1.82, 2.24) is 45.7 Å². The van der Waals surface area contributed by atoms with E-state index in [0.29, 0.717) is 57.0 Å². The van der Waals surface area contributed by atoms with Gasteiger partial charge in [-0.05, 0) is 48.6 Å². The minimum atomic E-state index is -0.958. The zero-order valence-electron chi connectivity index (χ0n) is 37.4. The average molecular weight is 897 g/mol. The predicted molar refractivity (Wildman–Crippen MR) is 243 cm³/mol. The van der Waals surface area contributed by atoms with Crippen molar-refractivity contribution in [1.29, 1.82) is 0 Å². The fourth-order valence-electron chi connectivity index (χ4n) is 8.29. The number of β-amino-alcohol motifs (C(OH)–C–C–N with tert-alkyl or cyclic N) is 1. The van der Waals surface area contributed by atoms with Crippen molar-refractivity contribution in [3.8, 4) is 22.8 Å². The number of amides is 5. The van der Waals surface area contributed by atoms with Gasteiger partial charge in [0.15, 0.2) is 0 Å². The first-order chi connectivity index (χ1) is 30.6. The number of aliphatic hydroxyl groups is 1. The average Bonchev–Trinajstić information content (AvgIpc) is 3.56. The normalized spacial score (nSPS) is 20.5. The van der Waals surface area contributed by atoms with Crippen LogP contribution in [0.3, 0.4) is 0 Å². The highest BCUT2D eigenvalue weighted by Gasteiger charge is 2.45. The third-order valence-electron chi connectivity index (χ3n) is 12.2. The lowest BCUT2D eigenvalue weighted by atomic mass is 9.85. The Hall–Kier alpha value is -5.87. The van der Waals surface area contributed by atoms with Crippen molar-refractivity contribution in [2.45, 2.75) is 97.0 Å². The number of anilines is 3. The van der Waals surface area contributed by atoms with Gasteiger partial charge in [0.2, 0.25) is 47.4 Å². The van der Waals surface area contributed by atoms with E-state index in [9.17, 15) is 29.1 Å². The molecule has 18 nitrogen and oxygen atoms in total. The van der Waals surface area contributed by atoms with Crippen molar-refractivity contribution in [3.05, 3.63) is 41.0 Å². The van der Waals surface area contributed by atoms with Crippen LogP contribution >= 0.6 is 11.3 Å². The van der Waals surface area contributed by atoms with Gasteiger partial charge in [0, 0.05) is 78.2 Å². The number of piperazine rings is 1. The fourth-order valence-corrected chi connectivity index (χ4v) is 9.11. The minimum absolute atomic E-state index is 0.0205. The molecule has 4 fully saturated rings. The SMILES string of the molecule is C#CCN1CCN(c2nc(N(C)CCC(=O)NC3CC3)nc(N3CC[C@@H](CC(=O)N[C@H](C(=O)N4C[C@H](O)C[C@H]4C(=O)NCc4ccc(-c5scnc5C)cc4)C(C)(C)C)C3)n2)CC1=O. The van der Waals surface area contributed by atoms with Crippen LogP contribution in [0.2, 0.25) is 0 Å². The van der Waals surface area contributed by atoms with Crippen molar-refractivity contribution in [2.24, 2.45) is 11.3 Å². The van der Waals surface area contributed by atoms with Crippen molar-refractivity contribution in [3.63, 3.8) is 0 Å². The quantitative estimate of drug-likeness (QED) is 0.151. The summed E-state index contributed by atoms with van der Waals surface area (Å²) in [6, 6.07) is 6.28.